The van der Waals surface area contributed by atoms with Gasteiger partial charge in [-0.2, -0.15) is 13.2 Å². The summed E-state index contributed by atoms with van der Waals surface area (Å²) in [5.74, 6) is 0.210. The molecule has 2 aromatic rings. The second kappa shape index (κ2) is 4.34. The van der Waals surface area contributed by atoms with Crippen LogP contribution in [0.3, 0.4) is 0 Å². The van der Waals surface area contributed by atoms with E-state index in [0.717, 1.165) is 12.1 Å². The summed E-state index contributed by atoms with van der Waals surface area (Å²) in [7, 11) is 0. The maximum absolute atomic E-state index is 12.7. The van der Waals surface area contributed by atoms with Gasteiger partial charge in [0, 0.05) is 0 Å². The van der Waals surface area contributed by atoms with Gasteiger partial charge in [-0.05, 0) is 19.1 Å². The lowest BCUT2D eigenvalue weighted by molar-refractivity contribution is -0.137. The number of rotatable bonds is 1. The molecule has 8 heteroatoms. The fourth-order valence-corrected chi connectivity index (χ4v) is 1.82. The zero-order valence-corrected chi connectivity index (χ0v) is 10.5. The van der Waals surface area contributed by atoms with E-state index in [1.807, 2.05) is 0 Å². The molecule has 0 radical (unpaired) electrons. The Hall–Kier alpha value is -1.89. The van der Waals surface area contributed by atoms with E-state index in [-0.39, 0.29) is 22.2 Å². The molecule has 0 aliphatic carbocycles. The van der Waals surface area contributed by atoms with Crippen molar-refractivity contribution >= 4 is 23.1 Å². The van der Waals surface area contributed by atoms with Crippen molar-refractivity contribution in [2.24, 2.45) is 0 Å². The van der Waals surface area contributed by atoms with E-state index < -0.39 is 11.7 Å². The molecule has 0 bridgehead atoms. The molecule has 0 aliphatic heterocycles. The van der Waals surface area contributed by atoms with Gasteiger partial charge in [0.15, 0.2) is 0 Å². The van der Waals surface area contributed by atoms with Gasteiger partial charge in [-0.25, -0.2) is 4.98 Å². The molecule has 0 saturated heterocycles. The highest BCUT2D eigenvalue weighted by atomic mass is 35.5. The fourth-order valence-electron chi connectivity index (χ4n) is 1.61. The minimum Gasteiger partial charge on any atom is -0.396 e. The van der Waals surface area contributed by atoms with E-state index in [0.29, 0.717) is 5.69 Å². The Bertz CT molecular complexity index is 634. The molecular weight excluding hydrogens is 281 g/mol. The van der Waals surface area contributed by atoms with Crippen LogP contribution in [0.1, 0.15) is 11.3 Å². The van der Waals surface area contributed by atoms with Crippen molar-refractivity contribution < 1.29 is 13.2 Å². The van der Waals surface area contributed by atoms with Crippen LogP contribution >= 0.6 is 11.6 Å². The largest absolute Gasteiger partial charge is 0.416 e. The molecule has 1 aromatic carbocycles. The summed E-state index contributed by atoms with van der Waals surface area (Å²) in [6, 6.07) is 1.67. The standard InChI is InChI=1S/C11H10ClF3N4/c1-5-10(17)19(4-18-5)8-3-6(11(13,14)15)2-7(12)9(8)16/h2-4H,16-17H2,1H3. The van der Waals surface area contributed by atoms with Crippen LogP contribution in [0.5, 0.6) is 0 Å². The number of halogens is 4. The second-order valence-corrected chi connectivity index (χ2v) is 4.38. The molecule has 1 heterocycles. The van der Waals surface area contributed by atoms with Crippen LogP contribution in [-0.2, 0) is 6.18 Å². The molecule has 2 rings (SSSR count). The predicted octanol–water partition coefficient (Wildman–Crippen LogP) is 3.02. The average molecular weight is 291 g/mol. The number of anilines is 2. The third-order valence-electron chi connectivity index (χ3n) is 2.69. The van der Waals surface area contributed by atoms with Crippen LogP contribution in [0, 0.1) is 6.92 Å². The van der Waals surface area contributed by atoms with Crippen molar-refractivity contribution in [2.45, 2.75) is 13.1 Å². The summed E-state index contributed by atoms with van der Waals surface area (Å²) in [4.78, 5) is 3.91. The highest BCUT2D eigenvalue weighted by molar-refractivity contribution is 6.33. The molecule has 0 aliphatic rings. The lowest BCUT2D eigenvalue weighted by atomic mass is 10.1. The minimum atomic E-state index is -4.52. The quantitative estimate of drug-likeness (QED) is 0.793. The highest BCUT2D eigenvalue weighted by Crippen LogP contribution is 2.37. The first-order valence-electron chi connectivity index (χ1n) is 5.18. The Labute approximate surface area is 111 Å². The zero-order valence-electron chi connectivity index (χ0n) is 9.79. The smallest absolute Gasteiger partial charge is 0.396 e. The molecule has 0 atom stereocenters. The Morgan fingerprint density at radius 2 is 1.89 bits per heavy atom. The molecule has 0 unspecified atom stereocenters. The monoisotopic (exact) mass is 290 g/mol. The number of nitrogen functional groups attached to an aromatic ring is 2. The van der Waals surface area contributed by atoms with Crippen LogP contribution in [-0.4, -0.2) is 9.55 Å². The van der Waals surface area contributed by atoms with Gasteiger partial charge in [-0.3, -0.25) is 4.57 Å². The van der Waals surface area contributed by atoms with Crippen LogP contribution in [0.4, 0.5) is 24.7 Å². The van der Waals surface area contributed by atoms with Gasteiger partial charge in [0.25, 0.3) is 0 Å². The number of hydrogen-bond acceptors (Lipinski definition) is 3. The summed E-state index contributed by atoms with van der Waals surface area (Å²) in [6.45, 7) is 1.64. The van der Waals surface area contributed by atoms with Crippen LogP contribution < -0.4 is 11.5 Å². The van der Waals surface area contributed by atoms with Gasteiger partial charge >= 0.3 is 6.18 Å². The molecule has 0 amide bonds. The van der Waals surface area contributed by atoms with E-state index in [1.165, 1.54) is 10.9 Å². The van der Waals surface area contributed by atoms with E-state index in [1.54, 1.807) is 6.92 Å². The number of nitrogens with zero attached hydrogens (tertiary/aromatic N) is 2. The first kappa shape index (κ1) is 13.5. The second-order valence-electron chi connectivity index (χ2n) is 3.97. The van der Waals surface area contributed by atoms with E-state index in [4.69, 9.17) is 23.1 Å². The molecule has 4 N–H and O–H groups in total. The van der Waals surface area contributed by atoms with E-state index in [9.17, 15) is 13.2 Å². The molecule has 102 valence electrons. The molecule has 0 fully saturated rings. The SMILES string of the molecule is Cc1ncn(-c2cc(C(F)(F)F)cc(Cl)c2N)c1N. The Morgan fingerprint density at radius 1 is 1.26 bits per heavy atom. The number of alkyl halides is 3. The summed E-state index contributed by atoms with van der Waals surface area (Å²) >= 11 is 5.73. The van der Waals surface area contributed by atoms with Gasteiger partial charge in [-0.1, -0.05) is 11.6 Å². The zero-order chi connectivity index (χ0) is 14.4. The summed E-state index contributed by atoms with van der Waals surface area (Å²) in [5, 5.41) is -0.185. The van der Waals surface area contributed by atoms with Crippen molar-refractivity contribution in [3.05, 3.63) is 34.7 Å². The number of benzene rings is 1. The highest BCUT2D eigenvalue weighted by Gasteiger charge is 2.32. The number of aryl methyl sites for hydroxylation is 1. The topological polar surface area (TPSA) is 69.9 Å². The Kier molecular flexibility index (Phi) is 3.09. The maximum atomic E-state index is 12.7. The van der Waals surface area contributed by atoms with Gasteiger partial charge in [-0.15, -0.1) is 0 Å². The van der Waals surface area contributed by atoms with Crippen molar-refractivity contribution in [1.82, 2.24) is 9.55 Å². The molecule has 0 saturated carbocycles. The molecular formula is C11H10ClF3N4. The van der Waals surface area contributed by atoms with Gasteiger partial charge in [0.2, 0.25) is 0 Å². The molecule has 4 nitrogen and oxygen atoms in total. The van der Waals surface area contributed by atoms with Crippen LogP contribution in [0.2, 0.25) is 5.02 Å². The Balaban J connectivity index is 2.70. The maximum Gasteiger partial charge on any atom is 0.416 e. The summed E-state index contributed by atoms with van der Waals surface area (Å²) < 4.78 is 39.5. The first-order chi connectivity index (χ1) is 8.71. The summed E-state index contributed by atoms with van der Waals surface area (Å²) in [6.07, 6.45) is -3.22. The third-order valence-corrected chi connectivity index (χ3v) is 3.00. The lowest BCUT2D eigenvalue weighted by Gasteiger charge is -2.14. The number of hydrogen-bond donors (Lipinski definition) is 2. The first-order valence-corrected chi connectivity index (χ1v) is 5.55. The molecule has 19 heavy (non-hydrogen) atoms. The number of aromatic nitrogens is 2. The van der Waals surface area contributed by atoms with Gasteiger partial charge in [0.05, 0.1) is 27.7 Å². The van der Waals surface area contributed by atoms with E-state index in [2.05, 4.69) is 4.98 Å². The summed E-state index contributed by atoms with van der Waals surface area (Å²) in [5.41, 5.74) is 11.1. The van der Waals surface area contributed by atoms with Crippen molar-refractivity contribution in [3.63, 3.8) is 0 Å². The van der Waals surface area contributed by atoms with Crippen molar-refractivity contribution in [3.8, 4) is 5.69 Å². The van der Waals surface area contributed by atoms with Crippen LogP contribution in [0.25, 0.3) is 5.69 Å². The lowest BCUT2D eigenvalue weighted by Crippen LogP contribution is -2.09. The minimum absolute atomic E-state index is 0.0127. The predicted molar refractivity (Wildman–Crippen MR) is 67.1 cm³/mol. The van der Waals surface area contributed by atoms with Crippen molar-refractivity contribution in [2.75, 3.05) is 11.5 Å². The van der Waals surface area contributed by atoms with Crippen molar-refractivity contribution in [1.29, 1.82) is 0 Å². The van der Waals surface area contributed by atoms with Crippen LogP contribution in [0.15, 0.2) is 18.5 Å². The van der Waals surface area contributed by atoms with E-state index >= 15 is 0 Å². The third kappa shape index (κ3) is 2.33. The Morgan fingerprint density at radius 3 is 2.37 bits per heavy atom. The fraction of sp³-hybridized carbons (Fsp3) is 0.182. The number of nitrogens with two attached hydrogens (primary N) is 2. The van der Waals surface area contributed by atoms with Gasteiger partial charge < -0.3 is 11.5 Å². The number of imidazole rings is 1. The molecule has 0 spiro atoms. The average Bonchev–Trinajstić information content (AvgIpc) is 2.62. The van der Waals surface area contributed by atoms with Gasteiger partial charge in [0.1, 0.15) is 12.1 Å². The normalized spacial score (nSPS) is 11.8. The molecule has 1 aromatic heterocycles.